The minimum atomic E-state index is -1.66. The average molecular weight is 331 g/mol. The molecule has 1 aliphatic rings. The quantitative estimate of drug-likeness (QED) is 0.598. The second kappa shape index (κ2) is 6.46. The number of nitrogens with zero attached hydrogens (tertiary/aromatic N) is 2. The molecule has 1 aromatic carbocycles. The van der Waals surface area contributed by atoms with Gasteiger partial charge in [-0.2, -0.15) is 0 Å². The first kappa shape index (κ1) is 17.7. The minimum absolute atomic E-state index is 0.0216. The number of hydrogen-bond acceptors (Lipinski definition) is 2. The summed E-state index contributed by atoms with van der Waals surface area (Å²) in [4.78, 5) is 17.9. The molecule has 2 atom stereocenters. The molecule has 1 saturated heterocycles. The Morgan fingerprint density at radius 2 is 1.96 bits per heavy atom. The number of carbonyl (C=O) groups excluding carboxylic acids is 1. The van der Waals surface area contributed by atoms with Crippen LogP contribution in [0.2, 0.25) is 19.6 Å². The predicted octanol–water partition coefficient (Wildman–Crippen LogP) is 4.59. The van der Waals surface area contributed by atoms with Crippen molar-refractivity contribution in [3.63, 3.8) is 0 Å². The maximum atomic E-state index is 12.5. The molecule has 0 aromatic heterocycles. The number of amides is 1. The lowest BCUT2D eigenvalue weighted by atomic mass is 10.0. The Bertz CT molecular complexity index is 658. The lowest BCUT2D eigenvalue weighted by Crippen LogP contribution is -2.45. The Morgan fingerprint density at radius 1 is 1.30 bits per heavy atom. The molecule has 0 bridgehead atoms. The third kappa shape index (κ3) is 3.65. The summed E-state index contributed by atoms with van der Waals surface area (Å²) in [5.74, 6) is 0.152. The third-order valence-electron chi connectivity index (χ3n) is 4.45. The van der Waals surface area contributed by atoms with Crippen LogP contribution in [0.15, 0.2) is 12.1 Å². The van der Waals surface area contributed by atoms with E-state index in [4.69, 9.17) is 11.0 Å². The van der Waals surface area contributed by atoms with Crippen LogP contribution >= 0.6 is 0 Å². The summed E-state index contributed by atoms with van der Waals surface area (Å²) in [6.45, 7) is 19.8. The summed E-state index contributed by atoms with van der Waals surface area (Å²) in [7, 11) is -1.66. The highest BCUT2D eigenvalue weighted by atomic mass is 28.4. The summed E-state index contributed by atoms with van der Waals surface area (Å²) in [5.41, 5.74) is 3.54. The van der Waals surface area contributed by atoms with Gasteiger partial charge in [0.25, 0.3) is 0 Å². The fourth-order valence-electron chi connectivity index (χ4n) is 3.27. The first-order valence-corrected chi connectivity index (χ1v) is 11.5. The fourth-order valence-corrected chi connectivity index (χ4v) is 4.55. The van der Waals surface area contributed by atoms with E-state index in [-0.39, 0.29) is 18.1 Å². The van der Waals surface area contributed by atoms with Crippen LogP contribution in [0.25, 0.3) is 4.85 Å². The van der Waals surface area contributed by atoms with Crippen LogP contribution in [0.3, 0.4) is 0 Å². The Labute approximate surface area is 140 Å². The number of anilines is 1. The average Bonchev–Trinajstić information content (AvgIpc) is 2.82. The number of rotatable bonds is 4. The summed E-state index contributed by atoms with van der Waals surface area (Å²) in [6.07, 6.45) is 1.41. The van der Waals surface area contributed by atoms with E-state index in [1.54, 1.807) is 0 Å². The van der Waals surface area contributed by atoms with Crippen molar-refractivity contribution < 1.29 is 9.22 Å². The van der Waals surface area contributed by atoms with Gasteiger partial charge in [-0.1, -0.05) is 6.07 Å². The zero-order valence-corrected chi connectivity index (χ0v) is 15.9. The van der Waals surface area contributed by atoms with Crippen LogP contribution in [-0.4, -0.2) is 26.4 Å². The highest BCUT2D eigenvalue weighted by Gasteiger charge is 2.38. The molecule has 0 N–H and O–H groups in total. The van der Waals surface area contributed by atoms with Crippen molar-refractivity contribution in [3.8, 4) is 0 Å². The summed E-state index contributed by atoms with van der Waals surface area (Å²) in [5, 5.41) is 0. The van der Waals surface area contributed by atoms with Crippen molar-refractivity contribution in [2.45, 2.75) is 65.4 Å². The summed E-state index contributed by atoms with van der Waals surface area (Å²) in [6, 6.07) is 3.80. The van der Waals surface area contributed by atoms with E-state index in [1.165, 1.54) is 0 Å². The molecule has 1 aromatic rings. The highest BCUT2D eigenvalue weighted by molar-refractivity contribution is 6.69. The Kier molecular flexibility index (Phi) is 4.97. The molecule has 2 rings (SSSR count). The maximum Gasteiger partial charge on any atom is 0.227 e. The van der Waals surface area contributed by atoms with Gasteiger partial charge in [-0.15, -0.1) is 0 Å². The van der Waals surface area contributed by atoms with Crippen molar-refractivity contribution in [2.24, 2.45) is 0 Å². The van der Waals surface area contributed by atoms with E-state index in [1.807, 2.05) is 30.9 Å². The lowest BCUT2D eigenvalue weighted by Gasteiger charge is -2.34. The van der Waals surface area contributed by atoms with Gasteiger partial charge in [-0.3, -0.25) is 4.79 Å². The van der Waals surface area contributed by atoms with Crippen LogP contribution in [-0.2, 0) is 9.22 Å². The molecule has 23 heavy (non-hydrogen) atoms. The highest BCUT2D eigenvalue weighted by Crippen LogP contribution is 2.36. The molecule has 0 saturated carbocycles. The van der Waals surface area contributed by atoms with Crippen molar-refractivity contribution in [2.75, 3.05) is 4.90 Å². The van der Waals surface area contributed by atoms with E-state index < -0.39 is 8.32 Å². The SMILES string of the molecule is [C-]#[N+]c1ccc(N2C(=O)CC[C@@H]2C(C)O[Si](C)(C)C)c(C)c1C. The molecule has 1 amide bonds. The molecule has 1 aliphatic heterocycles. The zero-order chi connectivity index (χ0) is 17.4. The van der Waals surface area contributed by atoms with Gasteiger partial charge < -0.3 is 9.33 Å². The molecular weight excluding hydrogens is 304 g/mol. The zero-order valence-electron chi connectivity index (χ0n) is 14.9. The van der Waals surface area contributed by atoms with Gasteiger partial charge >= 0.3 is 0 Å². The van der Waals surface area contributed by atoms with Crippen LogP contribution < -0.4 is 4.90 Å². The van der Waals surface area contributed by atoms with E-state index in [0.29, 0.717) is 12.1 Å². The van der Waals surface area contributed by atoms with Gasteiger partial charge in [0.05, 0.1) is 18.7 Å². The van der Waals surface area contributed by atoms with Gasteiger partial charge in [0.15, 0.2) is 14.0 Å². The number of benzene rings is 1. The largest absolute Gasteiger partial charge is 0.413 e. The molecule has 4 nitrogen and oxygen atoms in total. The lowest BCUT2D eigenvalue weighted by molar-refractivity contribution is -0.117. The van der Waals surface area contributed by atoms with E-state index in [0.717, 1.165) is 23.2 Å². The van der Waals surface area contributed by atoms with Gasteiger partial charge in [0.2, 0.25) is 5.91 Å². The Balaban J connectivity index is 2.38. The molecule has 1 unspecified atom stereocenters. The molecule has 0 spiro atoms. The second-order valence-electron chi connectivity index (χ2n) is 7.27. The van der Waals surface area contributed by atoms with Crippen molar-refractivity contribution in [3.05, 3.63) is 34.7 Å². The van der Waals surface area contributed by atoms with E-state index >= 15 is 0 Å². The smallest absolute Gasteiger partial charge is 0.227 e. The number of hydrogen-bond donors (Lipinski definition) is 0. The van der Waals surface area contributed by atoms with Crippen LogP contribution in [0.4, 0.5) is 11.4 Å². The van der Waals surface area contributed by atoms with Crippen LogP contribution in [0.1, 0.15) is 30.9 Å². The molecule has 0 aliphatic carbocycles. The van der Waals surface area contributed by atoms with Crippen molar-refractivity contribution in [1.29, 1.82) is 0 Å². The normalized spacial score (nSPS) is 19.8. The maximum absolute atomic E-state index is 12.5. The molecule has 1 heterocycles. The van der Waals surface area contributed by atoms with E-state index in [2.05, 4.69) is 31.4 Å². The monoisotopic (exact) mass is 330 g/mol. The molecular formula is C18H26N2O2Si. The van der Waals surface area contributed by atoms with Crippen molar-refractivity contribution >= 4 is 25.6 Å². The summed E-state index contributed by atoms with van der Waals surface area (Å²) >= 11 is 0. The van der Waals surface area contributed by atoms with Gasteiger partial charge in [-0.25, -0.2) is 4.85 Å². The topological polar surface area (TPSA) is 33.9 Å². The first-order valence-electron chi connectivity index (χ1n) is 8.13. The molecule has 1 fully saturated rings. The second-order valence-corrected chi connectivity index (χ2v) is 11.7. The third-order valence-corrected chi connectivity index (χ3v) is 5.52. The van der Waals surface area contributed by atoms with Gasteiger partial charge in [0.1, 0.15) is 0 Å². The predicted molar refractivity (Wildman–Crippen MR) is 96.6 cm³/mol. The van der Waals surface area contributed by atoms with Crippen LogP contribution in [0, 0.1) is 20.4 Å². The van der Waals surface area contributed by atoms with Gasteiger partial charge in [0, 0.05) is 12.1 Å². The minimum Gasteiger partial charge on any atom is -0.413 e. The number of carbonyl (C=O) groups is 1. The molecule has 124 valence electrons. The van der Waals surface area contributed by atoms with Gasteiger partial charge in [-0.05, 0) is 64.0 Å². The van der Waals surface area contributed by atoms with Crippen LogP contribution in [0.5, 0.6) is 0 Å². The first-order chi connectivity index (χ1) is 10.7. The fraction of sp³-hybridized carbons (Fsp3) is 0.556. The van der Waals surface area contributed by atoms with E-state index in [9.17, 15) is 4.79 Å². The molecule has 5 heteroatoms. The Morgan fingerprint density at radius 3 is 2.52 bits per heavy atom. The summed E-state index contributed by atoms with van der Waals surface area (Å²) < 4.78 is 6.23. The van der Waals surface area contributed by atoms with Crippen molar-refractivity contribution in [1.82, 2.24) is 0 Å². The Hall–Kier alpha value is -1.64. The standard InChI is InChI=1S/C18H26N2O2Si/c1-12-13(2)16(9-8-15(12)19-4)20-17(10-11-18(20)21)14(3)22-23(5,6)7/h8-9,14,17H,10-11H2,1-3,5-7H3/t14?,17-/m1/s1. The molecule has 0 radical (unpaired) electrons.